The van der Waals surface area contributed by atoms with Crippen LogP contribution in [-0.2, 0) is 9.47 Å². The monoisotopic (exact) mass is 311 g/mol. The highest BCUT2D eigenvalue weighted by Crippen LogP contribution is 2.04. The number of nitrogens with zero attached hydrogens (tertiary/aromatic N) is 4. The Labute approximate surface area is 129 Å². The lowest BCUT2D eigenvalue weighted by atomic mass is 10.4. The average Bonchev–Trinajstić information content (AvgIpc) is 2.54. The third-order valence-electron chi connectivity index (χ3n) is 2.52. The summed E-state index contributed by atoms with van der Waals surface area (Å²) in [7, 11) is 0. The smallest absolute Gasteiger partial charge is 0.438 e. The van der Waals surface area contributed by atoms with Gasteiger partial charge in [-0.1, -0.05) is 26.7 Å². The molecule has 0 aliphatic heterocycles. The summed E-state index contributed by atoms with van der Waals surface area (Å²) in [4.78, 5) is 35.2. The molecule has 0 fully saturated rings. The van der Waals surface area contributed by atoms with Crippen molar-refractivity contribution >= 4 is 18.1 Å². The van der Waals surface area contributed by atoms with Gasteiger partial charge in [-0.2, -0.15) is 9.97 Å². The molecule has 0 radical (unpaired) electrons. The number of hydrogen-bond donors (Lipinski definition) is 1. The Morgan fingerprint density at radius 2 is 1.55 bits per heavy atom. The quantitative estimate of drug-likeness (QED) is 0.576. The minimum Gasteiger partial charge on any atom is -0.448 e. The second kappa shape index (κ2) is 10.3. The number of anilines is 1. The average molecular weight is 311 g/mol. The number of carbonyl (C=O) groups excluding carboxylic acids is 2. The van der Waals surface area contributed by atoms with E-state index in [4.69, 9.17) is 9.47 Å². The molecule has 1 heterocycles. The van der Waals surface area contributed by atoms with E-state index in [-0.39, 0.29) is 19.2 Å². The van der Waals surface area contributed by atoms with Gasteiger partial charge in [0.1, 0.15) is 12.7 Å². The lowest BCUT2D eigenvalue weighted by Crippen LogP contribution is -2.43. The summed E-state index contributed by atoms with van der Waals surface area (Å²) in [5.74, 6) is 0.0369. The molecule has 22 heavy (non-hydrogen) atoms. The molecule has 0 atom stereocenters. The highest BCUT2D eigenvalue weighted by Gasteiger charge is 2.25. The predicted molar refractivity (Wildman–Crippen MR) is 77.8 cm³/mol. The molecule has 0 aliphatic carbocycles. The van der Waals surface area contributed by atoms with Crippen LogP contribution in [0.5, 0.6) is 0 Å². The van der Waals surface area contributed by atoms with Gasteiger partial charge in [-0.05, 0) is 12.8 Å². The molecule has 0 aliphatic rings. The topological polar surface area (TPSA) is 107 Å². The third kappa shape index (κ3) is 6.33. The number of carbonyl (C=O) groups is 2. The van der Waals surface area contributed by atoms with Gasteiger partial charge in [0.25, 0.3) is 0 Å². The maximum Gasteiger partial charge on any atom is 0.438 e. The first-order valence-electron chi connectivity index (χ1n) is 7.21. The van der Waals surface area contributed by atoms with Crippen LogP contribution >= 0.6 is 0 Å². The van der Waals surface area contributed by atoms with Crippen molar-refractivity contribution in [3.05, 3.63) is 12.7 Å². The summed E-state index contributed by atoms with van der Waals surface area (Å²) < 4.78 is 9.99. The zero-order valence-electron chi connectivity index (χ0n) is 12.8. The number of unbranched alkanes of at least 4 members (excludes halogenated alkanes) is 2. The van der Waals surface area contributed by atoms with Gasteiger partial charge in [0.2, 0.25) is 5.95 Å². The van der Waals surface area contributed by atoms with Gasteiger partial charge in [-0.15, -0.1) is 5.01 Å². The largest absolute Gasteiger partial charge is 0.448 e. The number of ether oxygens (including phenoxy) is 2. The van der Waals surface area contributed by atoms with Crippen LogP contribution in [0.15, 0.2) is 12.7 Å². The first-order valence-corrected chi connectivity index (χ1v) is 7.21. The second-order valence-corrected chi connectivity index (χ2v) is 4.34. The number of rotatable bonds is 8. The first kappa shape index (κ1) is 17.6. The van der Waals surface area contributed by atoms with E-state index in [0.29, 0.717) is 17.9 Å². The van der Waals surface area contributed by atoms with Gasteiger partial charge in [0.15, 0.2) is 0 Å². The zero-order chi connectivity index (χ0) is 16.2. The number of imide groups is 1. The summed E-state index contributed by atoms with van der Waals surface area (Å²) in [5, 5.41) is 0.612. The summed E-state index contributed by atoms with van der Waals surface area (Å²) in [6.45, 7) is 4.36. The van der Waals surface area contributed by atoms with Gasteiger partial charge in [0.05, 0.1) is 13.2 Å². The normalized spacial score (nSPS) is 9.91. The molecule has 0 saturated heterocycles. The van der Waals surface area contributed by atoms with Gasteiger partial charge in [-0.25, -0.2) is 14.6 Å². The summed E-state index contributed by atoms with van der Waals surface area (Å²) in [6, 6.07) is 0. The predicted octanol–water partition coefficient (Wildman–Crippen LogP) is 2.37. The van der Waals surface area contributed by atoms with Crippen molar-refractivity contribution in [3.8, 4) is 0 Å². The van der Waals surface area contributed by atoms with Crippen molar-refractivity contribution in [3.63, 3.8) is 0 Å². The van der Waals surface area contributed by atoms with Crippen molar-refractivity contribution in [2.75, 3.05) is 18.6 Å². The number of hydrogen-bond acceptors (Lipinski definition) is 8. The molecule has 1 aromatic heterocycles. The maximum absolute atomic E-state index is 12.0. The van der Waals surface area contributed by atoms with Crippen molar-refractivity contribution in [2.45, 2.75) is 39.5 Å². The van der Waals surface area contributed by atoms with Crippen LogP contribution < -0.4 is 5.43 Å². The number of nitrogens with one attached hydrogen (secondary N) is 1. The van der Waals surface area contributed by atoms with E-state index >= 15 is 0 Å². The fourth-order valence-electron chi connectivity index (χ4n) is 1.30. The van der Waals surface area contributed by atoms with Crippen LogP contribution in [0.4, 0.5) is 15.5 Å². The van der Waals surface area contributed by atoms with Crippen molar-refractivity contribution in [2.24, 2.45) is 0 Å². The molecular weight excluding hydrogens is 290 g/mol. The molecule has 2 amide bonds. The fourth-order valence-corrected chi connectivity index (χ4v) is 1.30. The number of aromatic nitrogens is 3. The van der Waals surface area contributed by atoms with Crippen LogP contribution in [0.3, 0.4) is 0 Å². The molecular formula is C13H21N5O4. The molecule has 0 bridgehead atoms. The van der Waals surface area contributed by atoms with E-state index in [0.717, 1.165) is 12.8 Å². The molecule has 1 N–H and O–H groups in total. The van der Waals surface area contributed by atoms with Gasteiger partial charge in [-0.3, -0.25) is 5.43 Å². The first-order chi connectivity index (χ1) is 10.7. The molecule has 0 spiro atoms. The second-order valence-electron chi connectivity index (χ2n) is 4.34. The van der Waals surface area contributed by atoms with Gasteiger partial charge < -0.3 is 9.47 Å². The third-order valence-corrected chi connectivity index (χ3v) is 2.52. The Kier molecular flexibility index (Phi) is 8.24. The highest BCUT2D eigenvalue weighted by molar-refractivity contribution is 5.89. The molecule has 0 saturated carbocycles. The standard InChI is InChI=1S/C13H21N5O4/c1-3-5-7-21-12(19)18(13(20)22-8-6-4-2)17-11-15-9-14-10-16-11/h9-10H,3-8H2,1-2H3,(H,14,15,16,17). The lowest BCUT2D eigenvalue weighted by molar-refractivity contribution is 0.0825. The summed E-state index contributed by atoms with van der Waals surface area (Å²) >= 11 is 0. The van der Waals surface area contributed by atoms with Crippen LogP contribution in [0, 0.1) is 0 Å². The molecule has 1 aromatic rings. The Hall–Kier alpha value is -2.45. The molecule has 9 nitrogen and oxygen atoms in total. The van der Waals surface area contributed by atoms with Crippen LogP contribution in [0.25, 0.3) is 0 Å². The number of amides is 2. The number of hydrazine groups is 1. The maximum atomic E-state index is 12.0. The van der Waals surface area contributed by atoms with Crippen molar-refractivity contribution < 1.29 is 19.1 Å². The summed E-state index contributed by atoms with van der Waals surface area (Å²) in [5.41, 5.74) is 2.45. The molecule has 1 rings (SSSR count). The Morgan fingerprint density at radius 3 is 2.00 bits per heavy atom. The highest BCUT2D eigenvalue weighted by atomic mass is 16.6. The molecule has 9 heteroatoms. The van der Waals surface area contributed by atoms with Crippen molar-refractivity contribution in [1.29, 1.82) is 0 Å². The SMILES string of the molecule is CCCCOC(=O)N(Nc1ncncn1)C(=O)OCCCC. The van der Waals surface area contributed by atoms with E-state index in [1.807, 2.05) is 13.8 Å². The van der Waals surface area contributed by atoms with E-state index in [1.54, 1.807) is 0 Å². The van der Waals surface area contributed by atoms with Crippen LogP contribution in [-0.4, -0.2) is 45.4 Å². The van der Waals surface area contributed by atoms with Crippen LogP contribution in [0.1, 0.15) is 39.5 Å². The minimum absolute atomic E-state index is 0.0369. The van der Waals surface area contributed by atoms with E-state index in [9.17, 15) is 9.59 Å². The fraction of sp³-hybridized carbons (Fsp3) is 0.615. The lowest BCUT2D eigenvalue weighted by Gasteiger charge is -2.20. The Bertz CT molecular complexity index is 435. The van der Waals surface area contributed by atoms with E-state index in [2.05, 4.69) is 20.4 Å². The molecule has 0 aromatic carbocycles. The zero-order valence-corrected chi connectivity index (χ0v) is 12.8. The Morgan fingerprint density at radius 1 is 1.05 bits per heavy atom. The molecule has 0 unspecified atom stereocenters. The van der Waals surface area contributed by atoms with E-state index < -0.39 is 12.2 Å². The van der Waals surface area contributed by atoms with Gasteiger partial charge in [0, 0.05) is 0 Å². The Balaban J connectivity index is 2.66. The van der Waals surface area contributed by atoms with Crippen molar-refractivity contribution in [1.82, 2.24) is 20.0 Å². The van der Waals surface area contributed by atoms with Gasteiger partial charge >= 0.3 is 12.2 Å². The van der Waals surface area contributed by atoms with Crippen LogP contribution in [0.2, 0.25) is 0 Å². The summed E-state index contributed by atoms with van der Waals surface area (Å²) in [6.07, 6.45) is 3.89. The minimum atomic E-state index is -0.865. The van der Waals surface area contributed by atoms with E-state index in [1.165, 1.54) is 12.7 Å². The molecule has 122 valence electrons.